The number of nitrogens with one attached hydrogen (secondary N) is 1. The Morgan fingerprint density at radius 1 is 1.35 bits per heavy atom. The molecular weight excluding hydrogens is 260 g/mol. The summed E-state index contributed by atoms with van der Waals surface area (Å²) in [6.45, 7) is 2.96. The zero-order chi connectivity index (χ0) is 15.0. The molecule has 0 aliphatic rings. The molecule has 0 heterocycles. The van der Waals surface area contributed by atoms with Crippen molar-refractivity contribution in [2.45, 2.75) is 13.0 Å². The lowest BCUT2D eigenvalue weighted by Gasteiger charge is -2.16. The minimum absolute atomic E-state index is 0.119. The average molecular weight is 282 g/mol. The molecule has 0 saturated heterocycles. The van der Waals surface area contributed by atoms with Crippen LogP contribution in [0.5, 0.6) is 5.75 Å². The van der Waals surface area contributed by atoms with Crippen LogP contribution in [0.4, 0.5) is 5.69 Å². The number of nitrogens with two attached hydrogens (primary N) is 1. The maximum atomic E-state index is 11.9. The van der Waals surface area contributed by atoms with Crippen LogP contribution < -0.4 is 15.8 Å². The molecule has 0 saturated carbocycles. The summed E-state index contributed by atoms with van der Waals surface area (Å²) in [7, 11) is 3.05. The highest BCUT2D eigenvalue weighted by molar-refractivity contribution is 5.95. The molecule has 0 radical (unpaired) electrons. The number of amides is 1. The van der Waals surface area contributed by atoms with Crippen molar-refractivity contribution in [3.05, 3.63) is 23.8 Å². The average Bonchev–Trinajstić information content (AvgIpc) is 2.43. The van der Waals surface area contributed by atoms with Gasteiger partial charge in [0.15, 0.2) is 0 Å². The topological polar surface area (TPSA) is 82.8 Å². The second kappa shape index (κ2) is 8.52. The van der Waals surface area contributed by atoms with Crippen molar-refractivity contribution in [2.75, 3.05) is 39.3 Å². The largest absolute Gasteiger partial charge is 0.489 e. The number of methoxy groups -OCH3 is 2. The summed E-state index contributed by atoms with van der Waals surface area (Å²) in [5.41, 5.74) is 7.09. The van der Waals surface area contributed by atoms with E-state index in [0.29, 0.717) is 24.7 Å². The van der Waals surface area contributed by atoms with Gasteiger partial charge in [-0.25, -0.2) is 0 Å². The molecule has 1 unspecified atom stereocenters. The normalized spacial score (nSPS) is 12.0. The zero-order valence-corrected chi connectivity index (χ0v) is 12.1. The van der Waals surface area contributed by atoms with Crippen molar-refractivity contribution >= 4 is 11.6 Å². The van der Waals surface area contributed by atoms with Crippen molar-refractivity contribution in [3.8, 4) is 5.75 Å². The van der Waals surface area contributed by atoms with E-state index in [2.05, 4.69) is 5.32 Å². The highest BCUT2D eigenvalue weighted by atomic mass is 16.5. The summed E-state index contributed by atoms with van der Waals surface area (Å²) in [4.78, 5) is 11.9. The summed E-state index contributed by atoms with van der Waals surface area (Å²) in [6.07, 6.45) is -0.678. The van der Waals surface area contributed by atoms with Crippen LogP contribution in [0.25, 0.3) is 0 Å². The van der Waals surface area contributed by atoms with Crippen molar-refractivity contribution in [1.82, 2.24) is 0 Å². The van der Waals surface area contributed by atoms with E-state index in [-0.39, 0.29) is 12.5 Å². The molecule has 1 aromatic rings. The molecule has 0 fully saturated rings. The first-order valence-electron chi connectivity index (χ1n) is 6.38. The Hall–Kier alpha value is -1.63. The molecule has 6 heteroatoms. The fourth-order valence-corrected chi connectivity index (χ4v) is 1.61. The number of ether oxygens (including phenoxy) is 3. The number of anilines is 1. The number of rotatable bonds is 8. The van der Waals surface area contributed by atoms with Crippen LogP contribution in [0.3, 0.4) is 0 Å². The molecule has 0 bridgehead atoms. The lowest BCUT2D eigenvalue weighted by molar-refractivity contribution is -0.125. The Bertz CT molecular complexity index is 433. The molecular formula is C14H22N2O4. The molecule has 1 aromatic carbocycles. The lowest BCUT2D eigenvalue weighted by Crippen LogP contribution is -2.36. The molecule has 0 aliphatic heterocycles. The standard InChI is InChI=1S/C14H22N2O4/c1-10-4-5-11(12(8-10)20-7-6-18-2)16-14(17)13(9-15)19-3/h4-5,8,13H,6-7,9,15H2,1-3H3,(H,16,17). The van der Waals surface area contributed by atoms with E-state index >= 15 is 0 Å². The molecule has 1 atom stereocenters. The van der Waals surface area contributed by atoms with Gasteiger partial charge in [0.05, 0.1) is 12.3 Å². The van der Waals surface area contributed by atoms with E-state index in [0.717, 1.165) is 5.56 Å². The van der Waals surface area contributed by atoms with Crippen LogP contribution in [-0.2, 0) is 14.3 Å². The van der Waals surface area contributed by atoms with Gasteiger partial charge in [-0.2, -0.15) is 0 Å². The maximum Gasteiger partial charge on any atom is 0.254 e. The molecule has 0 spiro atoms. The van der Waals surface area contributed by atoms with Crippen LogP contribution in [0, 0.1) is 6.92 Å². The van der Waals surface area contributed by atoms with Gasteiger partial charge in [0.1, 0.15) is 18.5 Å². The van der Waals surface area contributed by atoms with E-state index in [1.807, 2.05) is 19.1 Å². The van der Waals surface area contributed by atoms with Gasteiger partial charge in [-0.05, 0) is 24.6 Å². The van der Waals surface area contributed by atoms with Crippen LogP contribution in [0.2, 0.25) is 0 Å². The van der Waals surface area contributed by atoms with Crippen molar-refractivity contribution in [1.29, 1.82) is 0 Å². The Morgan fingerprint density at radius 3 is 2.70 bits per heavy atom. The molecule has 1 amide bonds. The monoisotopic (exact) mass is 282 g/mol. The van der Waals surface area contributed by atoms with Crippen LogP contribution in [0.15, 0.2) is 18.2 Å². The first-order valence-corrected chi connectivity index (χ1v) is 6.38. The van der Waals surface area contributed by atoms with E-state index < -0.39 is 6.10 Å². The second-order valence-corrected chi connectivity index (χ2v) is 4.29. The van der Waals surface area contributed by atoms with Gasteiger partial charge in [0, 0.05) is 20.8 Å². The van der Waals surface area contributed by atoms with Gasteiger partial charge in [-0.1, -0.05) is 6.07 Å². The second-order valence-electron chi connectivity index (χ2n) is 4.29. The number of carbonyl (C=O) groups excluding carboxylic acids is 1. The first kappa shape index (κ1) is 16.4. The fraction of sp³-hybridized carbons (Fsp3) is 0.500. The molecule has 20 heavy (non-hydrogen) atoms. The number of aryl methyl sites for hydroxylation is 1. The summed E-state index contributed by atoms with van der Waals surface area (Å²) < 4.78 is 15.5. The van der Waals surface area contributed by atoms with Crippen molar-refractivity contribution in [3.63, 3.8) is 0 Å². The van der Waals surface area contributed by atoms with Gasteiger partial charge in [0.25, 0.3) is 5.91 Å². The molecule has 3 N–H and O–H groups in total. The van der Waals surface area contributed by atoms with E-state index in [4.69, 9.17) is 19.9 Å². The van der Waals surface area contributed by atoms with E-state index in [1.165, 1.54) is 7.11 Å². The highest BCUT2D eigenvalue weighted by Crippen LogP contribution is 2.26. The predicted octanol–water partition coefficient (Wildman–Crippen LogP) is 0.932. The van der Waals surface area contributed by atoms with Gasteiger partial charge >= 0.3 is 0 Å². The number of benzene rings is 1. The third-order valence-electron chi connectivity index (χ3n) is 2.73. The zero-order valence-electron chi connectivity index (χ0n) is 12.1. The highest BCUT2D eigenvalue weighted by Gasteiger charge is 2.17. The molecule has 0 aliphatic carbocycles. The molecule has 0 aromatic heterocycles. The Morgan fingerprint density at radius 2 is 2.10 bits per heavy atom. The maximum absolute atomic E-state index is 11.9. The Kier molecular flexibility index (Phi) is 7.00. The van der Waals surface area contributed by atoms with E-state index in [9.17, 15) is 4.79 Å². The Balaban J connectivity index is 2.79. The molecule has 6 nitrogen and oxygen atoms in total. The summed E-state index contributed by atoms with van der Waals surface area (Å²) in [5.74, 6) is 0.303. The first-order chi connectivity index (χ1) is 9.62. The van der Waals surface area contributed by atoms with Gasteiger partial charge < -0.3 is 25.3 Å². The van der Waals surface area contributed by atoms with Crippen molar-refractivity contribution in [2.24, 2.45) is 5.73 Å². The van der Waals surface area contributed by atoms with Gasteiger partial charge in [-0.15, -0.1) is 0 Å². The van der Waals surface area contributed by atoms with Crippen LogP contribution >= 0.6 is 0 Å². The van der Waals surface area contributed by atoms with Crippen LogP contribution in [0.1, 0.15) is 5.56 Å². The van der Waals surface area contributed by atoms with Gasteiger partial charge in [-0.3, -0.25) is 4.79 Å². The van der Waals surface area contributed by atoms with E-state index in [1.54, 1.807) is 13.2 Å². The molecule has 112 valence electrons. The third-order valence-corrected chi connectivity index (χ3v) is 2.73. The number of hydrogen-bond acceptors (Lipinski definition) is 5. The van der Waals surface area contributed by atoms with Gasteiger partial charge in [0.2, 0.25) is 0 Å². The SMILES string of the molecule is COCCOc1cc(C)ccc1NC(=O)C(CN)OC. The fourth-order valence-electron chi connectivity index (χ4n) is 1.61. The number of hydrogen-bond donors (Lipinski definition) is 2. The Labute approximate surface area is 119 Å². The summed E-state index contributed by atoms with van der Waals surface area (Å²) >= 11 is 0. The van der Waals surface area contributed by atoms with Crippen molar-refractivity contribution < 1.29 is 19.0 Å². The molecule has 1 rings (SSSR count). The summed E-state index contributed by atoms with van der Waals surface area (Å²) in [6, 6.07) is 5.54. The quantitative estimate of drug-likeness (QED) is 0.693. The minimum Gasteiger partial charge on any atom is -0.489 e. The predicted molar refractivity (Wildman–Crippen MR) is 77.0 cm³/mol. The smallest absolute Gasteiger partial charge is 0.254 e. The van der Waals surface area contributed by atoms with Crippen LogP contribution in [-0.4, -0.2) is 46.0 Å². The summed E-state index contributed by atoms with van der Waals surface area (Å²) in [5, 5.41) is 2.76. The minimum atomic E-state index is -0.678. The lowest BCUT2D eigenvalue weighted by atomic mass is 10.2. The third kappa shape index (κ3) is 4.80. The number of carbonyl (C=O) groups is 1.